The van der Waals surface area contributed by atoms with E-state index in [0.717, 1.165) is 33.1 Å². The van der Waals surface area contributed by atoms with Crippen molar-refractivity contribution in [2.75, 3.05) is 6.61 Å². The molecule has 0 radical (unpaired) electrons. The van der Waals surface area contributed by atoms with E-state index in [1.54, 1.807) is 11.3 Å². The molecule has 2 rings (SSSR count). The van der Waals surface area contributed by atoms with Crippen LogP contribution in [0.5, 0.6) is 0 Å². The molecule has 2 heterocycles. The highest BCUT2D eigenvalue weighted by Gasteiger charge is 2.18. The van der Waals surface area contributed by atoms with Crippen LogP contribution in [0.1, 0.15) is 42.4 Å². The zero-order valence-corrected chi connectivity index (χ0v) is 13.3. The number of hydrogen-bond acceptors (Lipinski definition) is 2. The summed E-state index contributed by atoms with van der Waals surface area (Å²) < 4.78 is 6.67. The Morgan fingerprint density at radius 2 is 2.35 bits per heavy atom. The molecule has 1 aliphatic rings. The van der Waals surface area contributed by atoms with Gasteiger partial charge in [-0.15, -0.1) is 22.9 Å². The molecule has 0 saturated carbocycles. The van der Waals surface area contributed by atoms with Crippen molar-refractivity contribution < 1.29 is 4.74 Å². The molecular formula is C12H15BrCl2OS. The lowest BCUT2D eigenvalue weighted by Crippen LogP contribution is -2.19. The minimum atomic E-state index is 0.0503. The molecule has 0 spiro atoms. The fraction of sp³-hybridized carbons (Fsp3) is 0.667. The molecule has 96 valence electrons. The highest BCUT2D eigenvalue weighted by Crippen LogP contribution is 2.39. The van der Waals surface area contributed by atoms with Crippen LogP contribution < -0.4 is 0 Å². The highest BCUT2D eigenvalue weighted by atomic mass is 79.9. The Balaban J connectivity index is 1.82. The van der Waals surface area contributed by atoms with Gasteiger partial charge in [-0.2, -0.15) is 0 Å². The summed E-state index contributed by atoms with van der Waals surface area (Å²) in [5.74, 6) is 0. The van der Waals surface area contributed by atoms with E-state index in [2.05, 4.69) is 15.9 Å². The summed E-state index contributed by atoms with van der Waals surface area (Å²) in [6, 6.07) is 1.95. The molecule has 2 unspecified atom stereocenters. The first-order valence-corrected chi connectivity index (χ1v) is 8.29. The van der Waals surface area contributed by atoms with Crippen LogP contribution in [0, 0.1) is 0 Å². The second-order valence-electron chi connectivity index (χ2n) is 4.30. The number of ether oxygens (including phenoxy) is 1. The van der Waals surface area contributed by atoms with E-state index in [-0.39, 0.29) is 5.38 Å². The first kappa shape index (κ1) is 14.1. The number of hydrogen-bond donors (Lipinski definition) is 0. The Morgan fingerprint density at radius 1 is 1.53 bits per heavy atom. The van der Waals surface area contributed by atoms with Crippen LogP contribution >= 0.6 is 50.5 Å². The molecule has 0 aromatic carbocycles. The maximum Gasteiger partial charge on any atom is 0.0887 e. The number of alkyl halides is 1. The van der Waals surface area contributed by atoms with Crippen molar-refractivity contribution in [2.45, 2.75) is 43.6 Å². The van der Waals surface area contributed by atoms with Crippen molar-refractivity contribution in [1.82, 2.24) is 0 Å². The zero-order valence-electron chi connectivity index (χ0n) is 9.43. The smallest absolute Gasteiger partial charge is 0.0887 e. The fourth-order valence-corrected chi connectivity index (χ4v) is 4.11. The number of rotatable bonds is 4. The highest BCUT2D eigenvalue weighted by molar-refractivity contribution is 9.11. The minimum Gasteiger partial charge on any atom is -0.378 e. The van der Waals surface area contributed by atoms with E-state index in [9.17, 15) is 0 Å². The summed E-state index contributed by atoms with van der Waals surface area (Å²) in [5.41, 5.74) is 0. The van der Waals surface area contributed by atoms with E-state index in [1.807, 2.05) is 6.07 Å². The molecule has 1 aliphatic heterocycles. The van der Waals surface area contributed by atoms with Crippen molar-refractivity contribution in [2.24, 2.45) is 0 Å². The second-order valence-corrected chi connectivity index (χ2v) is 7.64. The van der Waals surface area contributed by atoms with Gasteiger partial charge in [0, 0.05) is 11.5 Å². The molecule has 0 N–H and O–H groups in total. The van der Waals surface area contributed by atoms with Gasteiger partial charge in [0.2, 0.25) is 0 Å². The van der Waals surface area contributed by atoms with Gasteiger partial charge in [0.05, 0.1) is 20.3 Å². The Bertz CT molecular complexity index is 344. The van der Waals surface area contributed by atoms with Gasteiger partial charge < -0.3 is 4.74 Å². The average molecular weight is 358 g/mol. The van der Waals surface area contributed by atoms with Crippen LogP contribution in [0.4, 0.5) is 0 Å². The lowest BCUT2D eigenvalue weighted by molar-refractivity contribution is 0.0100. The van der Waals surface area contributed by atoms with Crippen molar-refractivity contribution in [3.63, 3.8) is 0 Å². The third-order valence-corrected chi connectivity index (χ3v) is 6.16. The topological polar surface area (TPSA) is 9.23 Å². The molecule has 2 atom stereocenters. The standard InChI is InChI=1S/C12H15BrCl2OS/c13-12-10(15)7-11(17-12)9(14)5-4-8-3-1-2-6-16-8/h7-9H,1-6H2. The van der Waals surface area contributed by atoms with Crippen LogP contribution in [-0.2, 0) is 4.74 Å². The van der Waals surface area contributed by atoms with Crippen molar-refractivity contribution in [3.8, 4) is 0 Å². The molecule has 1 aromatic rings. The molecule has 0 amide bonds. The predicted molar refractivity (Wildman–Crippen MR) is 78.4 cm³/mol. The summed E-state index contributed by atoms with van der Waals surface area (Å²) in [6.07, 6.45) is 6.07. The van der Waals surface area contributed by atoms with Gasteiger partial charge >= 0.3 is 0 Å². The summed E-state index contributed by atoms with van der Waals surface area (Å²) in [5, 5.41) is 0.805. The van der Waals surface area contributed by atoms with E-state index < -0.39 is 0 Å². The average Bonchev–Trinajstić information content (AvgIpc) is 2.68. The molecule has 1 saturated heterocycles. The van der Waals surface area contributed by atoms with Crippen molar-refractivity contribution >= 4 is 50.5 Å². The molecule has 5 heteroatoms. The SMILES string of the molecule is Clc1cc(C(Cl)CCC2CCCCO2)sc1Br. The maximum atomic E-state index is 6.39. The van der Waals surface area contributed by atoms with Gasteiger partial charge in [0.15, 0.2) is 0 Å². The van der Waals surface area contributed by atoms with Crippen molar-refractivity contribution in [1.29, 1.82) is 0 Å². The summed E-state index contributed by atoms with van der Waals surface area (Å²) in [6.45, 7) is 0.911. The van der Waals surface area contributed by atoms with Crippen LogP contribution in [0.2, 0.25) is 5.02 Å². The van der Waals surface area contributed by atoms with Gasteiger partial charge in [-0.05, 0) is 54.1 Å². The molecule has 1 fully saturated rings. The van der Waals surface area contributed by atoms with Gasteiger partial charge in [0.1, 0.15) is 0 Å². The molecule has 0 bridgehead atoms. The maximum absolute atomic E-state index is 6.39. The monoisotopic (exact) mass is 356 g/mol. The number of halogens is 3. The van der Waals surface area contributed by atoms with Gasteiger partial charge in [-0.3, -0.25) is 0 Å². The van der Waals surface area contributed by atoms with Crippen LogP contribution in [0.3, 0.4) is 0 Å². The Kier molecular flexibility index (Phi) is 5.62. The first-order chi connectivity index (χ1) is 8.16. The lowest BCUT2D eigenvalue weighted by atomic mass is 10.0. The van der Waals surface area contributed by atoms with Crippen LogP contribution in [-0.4, -0.2) is 12.7 Å². The van der Waals surface area contributed by atoms with Crippen molar-refractivity contribution in [3.05, 3.63) is 19.8 Å². The normalized spacial score (nSPS) is 22.6. The third-order valence-electron chi connectivity index (χ3n) is 2.99. The van der Waals surface area contributed by atoms with Gasteiger partial charge in [-0.1, -0.05) is 11.6 Å². The van der Waals surface area contributed by atoms with Crippen LogP contribution in [0.25, 0.3) is 0 Å². The van der Waals surface area contributed by atoms with E-state index in [0.29, 0.717) is 6.10 Å². The molecule has 17 heavy (non-hydrogen) atoms. The number of thiophene rings is 1. The molecule has 1 nitrogen and oxygen atoms in total. The predicted octanol–water partition coefficient (Wildman–Crippen LogP) is 5.79. The fourth-order valence-electron chi connectivity index (χ4n) is 2.03. The Morgan fingerprint density at radius 3 is 2.94 bits per heavy atom. The Hall–Kier alpha value is 0.720. The van der Waals surface area contributed by atoms with E-state index in [4.69, 9.17) is 27.9 Å². The van der Waals surface area contributed by atoms with Gasteiger partial charge in [-0.25, -0.2) is 0 Å². The minimum absolute atomic E-state index is 0.0503. The first-order valence-electron chi connectivity index (χ1n) is 5.87. The zero-order chi connectivity index (χ0) is 12.3. The summed E-state index contributed by atoms with van der Waals surface area (Å²) >= 11 is 17.4. The summed E-state index contributed by atoms with van der Waals surface area (Å²) in [4.78, 5) is 1.14. The van der Waals surface area contributed by atoms with Gasteiger partial charge in [0.25, 0.3) is 0 Å². The third kappa shape index (κ3) is 4.10. The second kappa shape index (κ2) is 6.76. The lowest BCUT2D eigenvalue weighted by Gasteiger charge is -2.23. The summed E-state index contributed by atoms with van der Waals surface area (Å²) in [7, 11) is 0. The molecular weight excluding hydrogens is 343 g/mol. The Labute approximate surface area is 125 Å². The van der Waals surface area contributed by atoms with E-state index >= 15 is 0 Å². The quantitative estimate of drug-likeness (QED) is 0.619. The molecule has 0 aliphatic carbocycles. The largest absolute Gasteiger partial charge is 0.378 e. The molecule has 1 aromatic heterocycles. The van der Waals surface area contributed by atoms with E-state index in [1.165, 1.54) is 19.3 Å². The van der Waals surface area contributed by atoms with Crippen LogP contribution in [0.15, 0.2) is 9.85 Å².